The number of rotatable bonds is 5. The molecule has 4 nitrogen and oxygen atoms in total. The van der Waals surface area contributed by atoms with Crippen molar-refractivity contribution in [2.45, 2.75) is 11.3 Å². The third-order valence-corrected chi connectivity index (χ3v) is 3.01. The zero-order chi connectivity index (χ0) is 11.4. The van der Waals surface area contributed by atoms with Gasteiger partial charge in [-0.2, -0.15) is 0 Å². The molecule has 86 valence electrons. The number of nitrogens with zero attached hydrogens (tertiary/aromatic N) is 1. The van der Waals surface area contributed by atoms with Crippen molar-refractivity contribution in [3.8, 4) is 0 Å². The number of fused-ring (bicyclic) bond motifs is 1. The summed E-state index contributed by atoms with van der Waals surface area (Å²) >= 11 is 1.39. The van der Waals surface area contributed by atoms with E-state index < -0.39 is 6.10 Å². The minimum Gasteiger partial charge on any atom is -0.431 e. The van der Waals surface area contributed by atoms with E-state index in [2.05, 4.69) is 4.98 Å². The van der Waals surface area contributed by atoms with Gasteiger partial charge in [0.2, 0.25) is 0 Å². The van der Waals surface area contributed by atoms with Crippen LogP contribution in [0.4, 0.5) is 0 Å². The fourth-order valence-electron chi connectivity index (χ4n) is 1.32. The maximum atomic E-state index is 9.47. The molecule has 5 heteroatoms. The number of methoxy groups -OCH3 is 1. The fourth-order valence-corrected chi connectivity index (χ4v) is 2.06. The number of oxazole rings is 1. The molecule has 0 radical (unpaired) electrons. The van der Waals surface area contributed by atoms with Crippen LogP contribution in [0.25, 0.3) is 11.1 Å². The summed E-state index contributed by atoms with van der Waals surface area (Å²) in [4.78, 5) is 4.29. The third kappa shape index (κ3) is 2.75. The zero-order valence-corrected chi connectivity index (χ0v) is 9.74. The number of hydrogen-bond donors (Lipinski definition) is 1. The summed E-state index contributed by atoms with van der Waals surface area (Å²) in [5, 5.41) is 10.1. The molecule has 1 aromatic heterocycles. The molecule has 2 aromatic rings. The van der Waals surface area contributed by atoms with Gasteiger partial charge in [0.05, 0.1) is 12.7 Å². The second kappa shape index (κ2) is 5.34. The van der Waals surface area contributed by atoms with Crippen molar-refractivity contribution in [1.82, 2.24) is 4.98 Å². The van der Waals surface area contributed by atoms with Gasteiger partial charge in [0.25, 0.3) is 5.22 Å². The molecule has 0 saturated heterocycles. The van der Waals surface area contributed by atoms with Crippen molar-refractivity contribution >= 4 is 22.9 Å². The van der Waals surface area contributed by atoms with E-state index in [1.54, 1.807) is 7.11 Å². The summed E-state index contributed by atoms with van der Waals surface area (Å²) in [5.41, 5.74) is 1.61. The smallest absolute Gasteiger partial charge is 0.256 e. The lowest BCUT2D eigenvalue weighted by Gasteiger charge is -2.05. The molecule has 0 amide bonds. The highest BCUT2D eigenvalue weighted by Gasteiger charge is 2.09. The number of aliphatic hydroxyl groups excluding tert-OH is 1. The van der Waals surface area contributed by atoms with Gasteiger partial charge in [0.15, 0.2) is 5.58 Å². The average Bonchev–Trinajstić information content (AvgIpc) is 2.69. The third-order valence-electron chi connectivity index (χ3n) is 2.03. The molecule has 0 spiro atoms. The van der Waals surface area contributed by atoms with Crippen LogP contribution in [0.2, 0.25) is 0 Å². The number of ether oxygens (including phenoxy) is 1. The average molecular weight is 239 g/mol. The van der Waals surface area contributed by atoms with Gasteiger partial charge in [0, 0.05) is 12.9 Å². The van der Waals surface area contributed by atoms with Gasteiger partial charge in [-0.3, -0.25) is 0 Å². The van der Waals surface area contributed by atoms with Crippen molar-refractivity contribution in [1.29, 1.82) is 0 Å². The number of para-hydroxylation sites is 2. The van der Waals surface area contributed by atoms with Crippen molar-refractivity contribution in [3.63, 3.8) is 0 Å². The maximum absolute atomic E-state index is 9.47. The molecule has 1 unspecified atom stereocenters. The molecule has 0 fully saturated rings. The highest BCUT2D eigenvalue weighted by molar-refractivity contribution is 7.99. The predicted molar refractivity (Wildman–Crippen MR) is 62.6 cm³/mol. The summed E-state index contributed by atoms with van der Waals surface area (Å²) in [6.07, 6.45) is -0.495. The lowest BCUT2D eigenvalue weighted by molar-refractivity contribution is 0.0793. The second-order valence-electron chi connectivity index (χ2n) is 3.37. The first-order valence-electron chi connectivity index (χ1n) is 4.95. The first-order chi connectivity index (χ1) is 7.79. The van der Waals surface area contributed by atoms with Crippen LogP contribution in [0.5, 0.6) is 0 Å². The van der Waals surface area contributed by atoms with Crippen molar-refractivity contribution in [2.75, 3.05) is 19.5 Å². The lowest BCUT2D eigenvalue weighted by Crippen LogP contribution is -2.16. The predicted octanol–water partition coefficient (Wildman–Crippen LogP) is 1.93. The Labute approximate surface area is 97.6 Å². The van der Waals surface area contributed by atoms with Crippen LogP contribution in [0, 0.1) is 0 Å². The monoisotopic (exact) mass is 239 g/mol. The minimum absolute atomic E-state index is 0.327. The van der Waals surface area contributed by atoms with Crippen LogP contribution < -0.4 is 0 Å². The molecule has 1 N–H and O–H groups in total. The summed E-state index contributed by atoms with van der Waals surface area (Å²) in [5.74, 6) is 0.515. The van der Waals surface area contributed by atoms with Crippen LogP contribution in [0.15, 0.2) is 33.9 Å². The second-order valence-corrected chi connectivity index (χ2v) is 4.34. The Morgan fingerprint density at radius 1 is 1.50 bits per heavy atom. The van der Waals surface area contributed by atoms with Crippen LogP contribution >= 0.6 is 11.8 Å². The normalized spacial score (nSPS) is 13.1. The molecule has 1 aromatic carbocycles. The molecule has 0 aliphatic carbocycles. The molecule has 16 heavy (non-hydrogen) atoms. The Bertz CT molecular complexity index is 424. The van der Waals surface area contributed by atoms with E-state index >= 15 is 0 Å². The first-order valence-corrected chi connectivity index (χ1v) is 5.93. The van der Waals surface area contributed by atoms with Gasteiger partial charge in [-0.1, -0.05) is 23.9 Å². The summed E-state index contributed by atoms with van der Waals surface area (Å²) in [6, 6.07) is 7.59. The van der Waals surface area contributed by atoms with Gasteiger partial charge < -0.3 is 14.3 Å². The molecule has 1 atom stereocenters. The van der Waals surface area contributed by atoms with E-state index in [0.717, 1.165) is 11.1 Å². The Morgan fingerprint density at radius 2 is 2.31 bits per heavy atom. The minimum atomic E-state index is -0.495. The standard InChI is InChI=1S/C11H13NO3S/c1-14-6-8(13)7-16-11-12-9-4-2-3-5-10(9)15-11/h2-5,8,13H,6-7H2,1H3. The molecule has 0 aliphatic rings. The van der Waals surface area contributed by atoms with E-state index in [9.17, 15) is 5.11 Å². The number of aromatic nitrogens is 1. The number of aliphatic hydroxyl groups is 1. The summed E-state index contributed by atoms with van der Waals surface area (Å²) in [6.45, 7) is 0.327. The number of hydrogen-bond acceptors (Lipinski definition) is 5. The van der Waals surface area contributed by atoms with E-state index in [0.29, 0.717) is 17.6 Å². The number of benzene rings is 1. The number of thioether (sulfide) groups is 1. The van der Waals surface area contributed by atoms with Crippen LogP contribution in [0.3, 0.4) is 0 Å². The van der Waals surface area contributed by atoms with Crippen molar-refractivity contribution in [2.24, 2.45) is 0 Å². The lowest BCUT2D eigenvalue weighted by atomic mass is 10.3. The SMILES string of the molecule is COCC(O)CSc1nc2ccccc2o1. The molecular formula is C11H13NO3S. The van der Waals surface area contributed by atoms with Crippen molar-refractivity contribution < 1.29 is 14.3 Å². The molecule has 0 saturated carbocycles. The van der Waals surface area contributed by atoms with Gasteiger partial charge in [0.1, 0.15) is 5.52 Å². The quantitative estimate of drug-likeness (QED) is 0.808. The van der Waals surface area contributed by atoms with Gasteiger partial charge in [-0.05, 0) is 12.1 Å². The van der Waals surface area contributed by atoms with E-state index in [1.165, 1.54) is 11.8 Å². The summed E-state index contributed by atoms with van der Waals surface area (Å²) in [7, 11) is 1.56. The van der Waals surface area contributed by atoms with Crippen molar-refractivity contribution in [3.05, 3.63) is 24.3 Å². The van der Waals surface area contributed by atoms with Gasteiger partial charge >= 0.3 is 0 Å². The van der Waals surface area contributed by atoms with Gasteiger partial charge in [-0.15, -0.1) is 0 Å². The molecule has 1 heterocycles. The Balaban J connectivity index is 1.99. The van der Waals surface area contributed by atoms with Gasteiger partial charge in [-0.25, -0.2) is 4.98 Å². The van der Waals surface area contributed by atoms with Crippen LogP contribution in [0.1, 0.15) is 0 Å². The van der Waals surface area contributed by atoms with E-state index in [-0.39, 0.29) is 0 Å². The van der Waals surface area contributed by atoms with Crippen LogP contribution in [-0.2, 0) is 4.74 Å². The highest BCUT2D eigenvalue weighted by atomic mass is 32.2. The zero-order valence-electron chi connectivity index (χ0n) is 8.92. The summed E-state index contributed by atoms with van der Waals surface area (Å²) < 4.78 is 10.3. The Kier molecular flexibility index (Phi) is 3.82. The van der Waals surface area contributed by atoms with E-state index in [4.69, 9.17) is 9.15 Å². The maximum Gasteiger partial charge on any atom is 0.256 e. The molecule has 2 rings (SSSR count). The van der Waals surface area contributed by atoms with E-state index in [1.807, 2.05) is 24.3 Å². The Morgan fingerprint density at radius 3 is 3.06 bits per heavy atom. The van der Waals surface area contributed by atoms with Crippen LogP contribution in [-0.4, -0.2) is 35.7 Å². The first kappa shape index (κ1) is 11.4. The molecular weight excluding hydrogens is 226 g/mol. The largest absolute Gasteiger partial charge is 0.431 e. The molecule has 0 bridgehead atoms. The molecule has 0 aliphatic heterocycles. The fraction of sp³-hybridized carbons (Fsp3) is 0.364. The Hall–Kier alpha value is -1.04. The highest BCUT2D eigenvalue weighted by Crippen LogP contribution is 2.23. The topological polar surface area (TPSA) is 55.5 Å².